The highest BCUT2D eigenvalue weighted by Gasteiger charge is 2.21. The Morgan fingerprint density at radius 3 is 2.19 bits per heavy atom. The highest BCUT2D eigenvalue weighted by atomic mass is 79.9. The molecule has 0 fully saturated rings. The van der Waals surface area contributed by atoms with Crippen molar-refractivity contribution in [3.05, 3.63) is 87.4 Å². The van der Waals surface area contributed by atoms with Crippen molar-refractivity contribution in [3.63, 3.8) is 0 Å². The van der Waals surface area contributed by atoms with Crippen LogP contribution in [0.3, 0.4) is 0 Å². The molecule has 3 aromatic rings. The molecule has 8 heteroatoms. The molecule has 0 atom stereocenters. The lowest BCUT2D eigenvalue weighted by Crippen LogP contribution is -2.10. The summed E-state index contributed by atoms with van der Waals surface area (Å²) in [4.78, 5) is 10.6. The van der Waals surface area contributed by atoms with Crippen molar-refractivity contribution >= 4 is 31.7 Å². The fraction of sp³-hybridized carbons (Fsp3) is 0. The predicted molar refractivity (Wildman–Crippen MR) is 100 cm³/mol. The zero-order chi connectivity index (χ0) is 18.7. The van der Waals surface area contributed by atoms with Gasteiger partial charge < -0.3 is 4.18 Å². The molecule has 0 saturated heterocycles. The molecule has 0 aliphatic heterocycles. The van der Waals surface area contributed by atoms with Gasteiger partial charge in [0.2, 0.25) is 0 Å². The number of nitrogens with zero attached hydrogens (tertiary/aromatic N) is 1. The van der Waals surface area contributed by atoms with Gasteiger partial charge in [-0.1, -0.05) is 46.3 Å². The van der Waals surface area contributed by atoms with Gasteiger partial charge in [-0.2, -0.15) is 8.42 Å². The highest BCUT2D eigenvalue weighted by molar-refractivity contribution is 9.10. The molecule has 3 rings (SSSR count). The molecular weight excluding hydrogens is 422 g/mol. The maximum atomic E-state index is 12.5. The van der Waals surface area contributed by atoms with Crippen molar-refractivity contribution in [2.24, 2.45) is 0 Å². The molecule has 0 aliphatic carbocycles. The van der Waals surface area contributed by atoms with Crippen LogP contribution in [0.2, 0.25) is 0 Å². The maximum Gasteiger partial charge on any atom is 0.339 e. The number of benzene rings is 3. The average molecular weight is 434 g/mol. The Bertz CT molecular complexity index is 1050. The molecule has 132 valence electrons. The van der Waals surface area contributed by atoms with Gasteiger partial charge in [-0.3, -0.25) is 10.1 Å². The average Bonchev–Trinajstić information content (AvgIpc) is 2.63. The number of halogens is 1. The Kier molecular flexibility index (Phi) is 5.06. The molecule has 0 amide bonds. The lowest BCUT2D eigenvalue weighted by Gasteiger charge is -2.12. The molecule has 3 aromatic carbocycles. The van der Waals surface area contributed by atoms with E-state index in [2.05, 4.69) is 15.9 Å². The van der Waals surface area contributed by atoms with Crippen molar-refractivity contribution in [1.82, 2.24) is 0 Å². The van der Waals surface area contributed by atoms with Gasteiger partial charge in [0.05, 0.1) is 4.92 Å². The Labute approximate surface area is 158 Å². The van der Waals surface area contributed by atoms with Crippen LogP contribution < -0.4 is 4.18 Å². The zero-order valence-corrected chi connectivity index (χ0v) is 15.6. The van der Waals surface area contributed by atoms with Crippen LogP contribution in [0.5, 0.6) is 5.75 Å². The third kappa shape index (κ3) is 3.92. The van der Waals surface area contributed by atoms with E-state index in [4.69, 9.17) is 4.18 Å². The summed E-state index contributed by atoms with van der Waals surface area (Å²) < 4.78 is 31.1. The second kappa shape index (κ2) is 7.27. The van der Waals surface area contributed by atoms with Crippen LogP contribution in [-0.2, 0) is 10.1 Å². The predicted octanol–water partition coefficient (Wildman–Crippen LogP) is 4.79. The zero-order valence-electron chi connectivity index (χ0n) is 13.2. The van der Waals surface area contributed by atoms with Crippen molar-refractivity contribution in [2.45, 2.75) is 4.90 Å². The first-order valence-corrected chi connectivity index (χ1v) is 9.61. The topological polar surface area (TPSA) is 86.5 Å². The van der Waals surface area contributed by atoms with Gasteiger partial charge in [0.15, 0.2) is 5.75 Å². The largest absolute Gasteiger partial charge is 0.378 e. The number of non-ortho nitro benzene ring substituents is 1. The molecule has 0 spiro atoms. The second-order valence-electron chi connectivity index (χ2n) is 5.29. The van der Waals surface area contributed by atoms with Gasteiger partial charge in [-0.05, 0) is 35.9 Å². The summed E-state index contributed by atoms with van der Waals surface area (Å²) in [6.45, 7) is 0. The third-order valence-electron chi connectivity index (χ3n) is 3.56. The second-order valence-corrected chi connectivity index (χ2v) is 7.76. The smallest absolute Gasteiger partial charge is 0.339 e. The van der Waals surface area contributed by atoms with E-state index in [-0.39, 0.29) is 16.3 Å². The summed E-state index contributed by atoms with van der Waals surface area (Å²) in [5.74, 6) is 0.0155. The van der Waals surface area contributed by atoms with Crippen molar-refractivity contribution in [1.29, 1.82) is 0 Å². The fourth-order valence-corrected chi connectivity index (χ4v) is 3.55. The Hall–Kier alpha value is -2.71. The van der Waals surface area contributed by atoms with E-state index in [0.29, 0.717) is 11.1 Å². The maximum absolute atomic E-state index is 12.5. The Morgan fingerprint density at radius 2 is 1.58 bits per heavy atom. The molecule has 0 unspecified atom stereocenters. The van der Waals surface area contributed by atoms with Crippen molar-refractivity contribution in [3.8, 4) is 16.9 Å². The van der Waals surface area contributed by atoms with Crippen LogP contribution in [0.25, 0.3) is 11.1 Å². The van der Waals surface area contributed by atoms with Gasteiger partial charge >= 0.3 is 10.1 Å². The van der Waals surface area contributed by atoms with Crippen LogP contribution in [0.15, 0.2) is 82.2 Å². The van der Waals surface area contributed by atoms with Crippen molar-refractivity contribution < 1.29 is 17.5 Å². The molecule has 0 N–H and O–H groups in total. The first-order valence-electron chi connectivity index (χ1n) is 7.41. The van der Waals surface area contributed by atoms with E-state index in [1.165, 1.54) is 30.3 Å². The van der Waals surface area contributed by atoms with Gasteiger partial charge in [0.1, 0.15) is 4.90 Å². The van der Waals surface area contributed by atoms with Crippen LogP contribution in [0.4, 0.5) is 5.69 Å². The molecule has 6 nitrogen and oxygen atoms in total. The first-order chi connectivity index (χ1) is 12.4. The minimum absolute atomic E-state index is 0.000101. The molecule has 0 saturated carbocycles. The van der Waals surface area contributed by atoms with E-state index >= 15 is 0 Å². The highest BCUT2D eigenvalue weighted by Crippen LogP contribution is 2.35. The molecule has 0 bridgehead atoms. The molecular formula is C18H12BrNO5S. The molecule has 26 heavy (non-hydrogen) atoms. The van der Waals surface area contributed by atoms with Crippen molar-refractivity contribution in [2.75, 3.05) is 0 Å². The number of nitro groups is 1. The van der Waals surface area contributed by atoms with Crippen LogP contribution in [0, 0.1) is 10.1 Å². The van der Waals surface area contributed by atoms with Crippen LogP contribution in [0.1, 0.15) is 0 Å². The minimum Gasteiger partial charge on any atom is -0.378 e. The Balaban J connectivity index is 2.09. The standard InChI is InChI=1S/C18H12BrNO5S/c19-14-8-6-13(7-9-14)17-12-15(20(21)22)10-11-18(17)25-26(23,24)16-4-2-1-3-5-16/h1-12H. The number of rotatable bonds is 5. The van der Waals surface area contributed by atoms with E-state index in [1.54, 1.807) is 42.5 Å². The summed E-state index contributed by atoms with van der Waals surface area (Å²) >= 11 is 3.32. The summed E-state index contributed by atoms with van der Waals surface area (Å²) in [6.07, 6.45) is 0. The molecule has 0 radical (unpaired) electrons. The Morgan fingerprint density at radius 1 is 0.923 bits per heavy atom. The summed E-state index contributed by atoms with van der Waals surface area (Å²) in [7, 11) is -4.06. The number of hydrogen-bond acceptors (Lipinski definition) is 5. The quantitative estimate of drug-likeness (QED) is 0.327. The van der Waals surface area contributed by atoms with Gasteiger partial charge in [0, 0.05) is 22.2 Å². The van der Waals surface area contributed by atoms with E-state index < -0.39 is 15.0 Å². The fourth-order valence-electron chi connectivity index (χ4n) is 2.31. The number of nitro benzene ring substituents is 1. The molecule has 0 heterocycles. The van der Waals surface area contributed by atoms with Gasteiger partial charge in [0.25, 0.3) is 5.69 Å². The normalized spacial score (nSPS) is 11.1. The van der Waals surface area contributed by atoms with E-state index in [1.807, 2.05) is 0 Å². The number of hydrogen-bond donors (Lipinski definition) is 0. The van der Waals surface area contributed by atoms with Gasteiger partial charge in [-0.25, -0.2) is 0 Å². The van der Waals surface area contributed by atoms with Crippen LogP contribution in [-0.4, -0.2) is 13.3 Å². The third-order valence-corrected chi connectivity index (χ3v) is 5.34. The van der Waals surface area contributed by atoms with E-state index in [9.17, 15) is 18.5 Å². The van der Waals surface area contributed by atoms with Crippen LogP contribution >= 0.6 is 15.9 Å². The molecule has 0 aliphatic rings. The summed E-state index contributed by atoms with van der Waals surface area (Å²) in [6, 6.07) is 18.4. The molecule has 0 aromatic heterocycles. The van der Waals surface area contributed by atoms with E-state index in [0.717, 1.165) is 4.47 Å². The monoisotopic (exact) mass is 433 g/mol. The first kappa shape index (κ1) is 18.1. The SMILES string of the molecule is O=[N+]([O-])c1ccc(OS(=O)(=O)c2ccccc2)c(-c2ccc(Br)cc2)c1. The summed E-state index contributed by atoms with van der Waals surface area (Å²) in [5.41, 5.74) is 0.744. The summed E-state index contributed by atoms with van der Waals surface area (Å²) in [5, 5.41) is 11.1. The lowest BCUT2D eigenvalue weighted by molar-refractivity contribution is -0.384. The minimum atomic E-state index is -4.06. The van der Waals surface area contributed by atoms with Gasteiger partial charge in [-0.15, -0.1) is 0 Å². The lowest BCUT2D eigenvalue weighted by atomic mass is 10.0.